The van der Waals surface area contributed by atoms with Crippen LogP contribution in [0.5, 0.6) is 0 Å². The van der Waals surface area contributed by atoms with E-state index in [1.807, 2.05) is 0 Å². The molecule has 2 aliphatic rings. The van der Waals surface area contributed by atoms with Gasteiger partial charge in [-0.3, -0.25) is 4.79 Å². The minimum atomic E-state index is -4.89. The van der Waals surface area contributed by atoms with Crippen LogP contribution in [0.15, 0.2) is 40.5 Å². The average Bonchev–Trinajstić information content (AvgIpc) is 3.38. The summed E-state index contributed by atoms with van der Waals surface area (Å²) in [5.41, 5.74) is -1.32. The van der Waals surface area contributed by atoms with Gasteiger partial charge in [-0.1, -0.05) is 12.1 Å². The van der Waals surface area contributed by atoms with Crippen LogP contribution in [-0.2, 0) is 25.5 Å². The Morgan fingerprint density at radius 3 is 2.41 bits per heavy atom. The maximum atomic E-state index is 13.9. The zero-order valence-electron chi connectivity index (χ0n) is 16.0. The largest absolute Gasteiger partial charge is 0.612 e. The van der Waals surface area contributed by atoms with E-state index in [0.717, 1.165) is 0 Å². The van der Waals surface area contributed by atoms with Gasteiger partial charge in [0.25, 0.3) is 5.91 Å². The normalized spacial score (nSPS) is 20.7. The van der Waals surface area contributed by atoms with Gasteiger partial charge in [-0.05, 0) is 50.0 Å². The third-order valence-electron chi connectivity index (χ3n) is 4.43. The maximum Gasteiger partial charge on any atom is 0.418 e. The second-order valence-corrected chi connectivity index (χ2v) is 8.46. The van der Waals surface area contributed by atoms with Crippen LogP contribution in [0.2, 0.25) is 0 Å². The summed E-state index contributed by atoms with van der Waals surface area (Å²) < 4.78 is 58.5. The van der Waals surface area contributed by atoms with Gasteiger partial charge in [-0.25, -0.2) is 4.79 Å². The summed E-state index contributed by atoms with van der Waals surface area (Å²) in [6.45, 7) is 2.99. The number of carbonyl (C=O) groups is 2. The first kappa shape index (κ1) is 21.5. The number of benzene rings is 1. The zero-order chi connectivity index (χ0) is 21.5. The van der Waals surface area contributed by atoms with Crippen LogP contribution in [-0.4, -0.2) is 46.1 Å². The first-order chi connectivity index (χ1) is 13.5. The van der Waals surface area contributed by atoms with Crippen LogP contribution in [0, 0.1) is 5.92 Å². The Hall–Kier alpha value is -2.20. The van der Waals surface area contributed by atoms with Crippen molar-refractivity contribution < 1.29 is 36.9 Å². The van der Waals surface area contributed by atoms with Crippen LogP contribution < -0.4 is 0 Å². The van der Waals surface area contributed by atoms with Crippen molar-refractivity contribution >= 4 is 23.1 Å². The monoisotopic (exact) mass is 431 g/mol. The van der Waals surface area contributed by atoms with Crippen molar-refractivity contribution in [3.05, 3.63) is 41.2 Å². The molecule has 1 heterocycles. The Labute approximate surface area is 168 Å². The summed E-state index contributed by atoms with van der Waals surface area (Å²) in [6, 6.07) is 3.72. The van der Waals surface area contributed by atoms with Gasteiger partial charge in [0.05, 0.1) is 11.7 Å². The Kier molecular flexibility index (Phi) is 5.86. The third kappa shape index (κ3) is 4.37. The fourth-order valence-corrected chi connectivity index (χ4v) is 3.81. The van der Waals surface area contributed by atoms with Gasteiger partial charge in [0, 0.05) is 5.92 Å². The summed E-state index contributed by atoms with van der Waals surface area (Å²) in [5, 5.41) is 0.410. The molecule has 2 unspecified atom stereocenters. The number of esters is 1. The molecule has 1 saturated carbocycles. The zero-order valence-corrected chi connectivity index (χ0v) is 16.8. The van der Waals surface area contributed by atoms with Gasteiger partial charge >= 0.3 is 12.1 Å². The number of rotatable bonds is 5. The Morgan fingerprint density at radius 2 is 1.90 bits per heavy atom. The average molecular weight is 431 g/mol. The number of ether oxygens (including phenoxy) is 1. The smallest absolute Gasteiger partial charge is 0.418 e. The minimum absolute atomic E-state index is 0.103. The lowest BCUT2D eigenvalue weighted by Crippen LogP contribution is -2.46. The molecular weight excluding hydrogens is 411 g/mol. The molecule has 1 aromatic carbocycles. The van der Waals surface area contributed by atoms with E-state index in [0.29, 0.717) is 17.9 Å². The number of hydroxylamine groups is 2. The van der Waals surface area contributed by atoms with Crippen molar-refractivity contribution in [1.29, 1.82) is 0 Å². The highest BCUT2D eigenvalue weighted by molar-refractivity contribution is 7.90. The molecule has 6 nitrogen and oxygen atoms in total. The molecule has 0 saturated heterocycles. The molecule has 0 N–H and O–H groups in total. The molecule has 3 rings (SSSR count). The number of halogens is 3. The van der Waals surface area contributed by atoms with Gasteiger partial charge in [-0.15, -0.1) is 0 Å². The highest BCUT2D eigenvalue weighted by atomic mass is 32.2. The van der Waals surface area contributed by atoms with Crippen LogP contribution in [0.1, 0.15) is 37.0 Å². The van der Waals surface area contributed by atoms with E-state index in [2.05, 4.69) is 0 Å². The molecule has 1 fully saturated rings. The highest BCUT2D eigenvalue weighted by Gasteiger charge is 2.58. The van der Waals surface area contributed by atoms with E-state index in [1.165, 1.54) is 38.3 Å². The maximum absolute atomic E-state index is 13.9. The fourth-order valence-electron chi connectivity index (χ4n) is 3.08. The molecule has 1 aliphatic heterocycles. The topological polar surface area (TPSA) is 78.9 Å². The number of amides is 1. The summed E-state index contributed by atoms with van der Waals surface area (Å²) in [7, 11) is 0. The van der Waals surface area contributed by atoms with Gasteiger partial charge in [0.2, 0.25) is 6.04 Å². The van der Waals surface area contributed by atoms with Crippen molar-refractivity contribution in [3.8, 4) is 0 Å². The van der Waals surface area contributed by atoms with Gasteiger partial charge in [0.1, 0.15) is 17.6 Å². The summed E-state index contributed by atoms with van der Waals surface area (Å²) >= 11 is -1.58. The van der Waals surface area contributed by atoms with Crippen molar-refractivity contribution in [2.75, 3.05) is 6.26 Å². The van der Waals surface area contributed by atoms with Crippen LogP contribution in [0.3, 0.4) is 0 Å². The molecule has 29 heavy (non-hydrogen) atoms. The van der Waals surface area contributed by atoms with E-state index in [9.17, 15) is 27.3 Å². The third-order valence-corrected chi connectivity index (χ3v) is 5.40. The van der Waals surface area contributed by atoms with E-state index in [4.69, 9.17) is 9.57 Å². The Balaban J connectivity index is 2.06. The number of alkyl halides is 3. The van der Waals surface area contributed by atoms with Gasteiger partial charge in [-0.2, -0.15) is 18.2 Å². The second-order valence-electron chi connectivity index (χ2n) is 7.11. The van der Waals surface area contributed by atoms with E-state index in [1.54, 1.807) is 6.07 Å². The number of carbonyl (C=O) groups excluding carboxylic acids is 2. The first-order valence-electron chi connectivity index (χ1n) is 8.98. The van der Waals surface area contributed by atoms with Crippen molar-refractivity contribution in [3.63, 3.8) is 0 Å². The molecule has 1 aliphatic carbocycles. The lowest BCUT2D eigenvalue weighted by molar-refractivity contribution is -0.166. The number of nitrogens with zero attached hydrogens (tertiary/aromatic N) is 1. The van der Waals surface area contributed by atoms with Gasteiger partial charge in [0.15, 0.2) is 4.90 Å². The molecule has 0 spiro atoms. The second kappa shape index (κ2) is 7.91. The molecule has 0 bridgehead atoms. The molecule has 1 aromatic rings. The summed E-state index contributed by atoms with van der Waals surface area (Å²) in [6.07, 6.45) is -3.29. The molecule has 2 atom stereocenters. The lowest BCUT2D eigenvalue weighted by Gasteiger charge is -2.25. The Morgan fingerprint density at radius 1 is 1.28 bits per heavy atom. The Bertz CT molecular complexity index is 848. The summed E-state index contributed by atoms with van der Waals surface area (Å²) in [5.74, 6) is -3.15. The number of allylic oxidation sites excluding steroid dienone is 1. The molecule has 0 aromatic heterocycles. The first-order valence-corrected chi connectivity index (χ1v) is 10.5. The SMILES string of the molecule is CC(C)OC(=O)C1C(C(F)(F)F)=C(C2CC2)ON1C(=O)c1ccccc1[S+](C)[O-]. The molecule has 0 radical (unpaired) electrons. The molecule has 1 amide bonds. The number of hydrogen-bond acceptors (Lipinski definition) is 5. The predicted octanol–water partition coefficient (Wildman–Crippen LogP) is 3.36. The minimum Gasteiger partial charge on any atom is -0.612 e. The molecular formula is C19H20F3NO5S. The lowest BCUT2D eigenvalue weighted by atomic mass is 10.0. The van der Waals surface area contributed by atoms with Crippen LogP contribution in [0.4, 0.5) is 13.2 Å². The quantitative estimate of drug-likeness (QED) is 0.528. The number of hydrogen-bond donors (Lipinski definition) is 0. The van der Waals surface area contributed by atoms with E-state index in [-0.39, 0.29) is 10.5 Å². The van der Waals surface area contributed by atoms with Crippen molar-refractivity contribution in [2.45, 2.75) is 49.9 Å². The van der Waals surface area contributed by atoms with E-state index >= 15 is 0 Å². The van der Waals surface area contributed by atoms with Gasteiger partial charge < -0.3 is 14.1 Å². The van der Waals surface area contributed by atoms with Crippen LogP contribution >= 0.6 is 0 Å². The standard InChI is InChI=1S/C19H20F3NO5S/c1-10(2)27-18(25)15-14(19(20,21)22)16(11-8-9-11)28-23(15)17(24)12-6-4-5-7-13(12)29(3)26/h4-7,10-11,15H,8-9H2,1-3H3. The predicted molar refractivity (Wildman–Crippen MR) is 96.8 cm³/mol. The summed E-state index contributed by atoms with van der Waals surface area (Å²) in [4.78, 5) is 31.1. The molecule has 158 valence electrons. The van der Waals surface area contributed by atoms with Crippen molar-refractivity contribution in [2.24, 2.45) is 5.92 Å². The fraction of sp³-hybridized carbons (Fsp3) is 0.474. The highest BCUT2D eigenvalue weighted by Crippen LogP contribution is 2.49. The van der Waals surface area contributed by atoms with Crippen molar-refractivity contribution in [1.82, 2.24) is 5.06 Å². The van der Waals surface area contributed by atoms with E-state index < -0.39 is 58.6 Å². The van der Waals surface area contributed by atoms with Crippen LogP contribution in [0.25, 0.3) is 0 Å². The molecule has 10 heteroatoms.